The highest BCUT2D eigenvalue weighted by atomic mass is 35.5. The lowest BCUT2D eigenvalue weighted by molar-refractivity contribution is 0.555. The summed E-state index contributed by atoms with van der Waals surface area (Å²) in [6, 6.07) is 17.8. The van der Waals surface area contributed by atoms with Crippen LogP contribution in [-0.2, 0) is 20.6 Å². The first-order chi connectivity index (χ1) is 14.5. The highest BCUT2D eigenvalue weighted by molar-refractivity contribution is 6.30. The van der Waals surface area contributed by atoms with Crippen molar-refractivity contribution >= 4 is 22.8 Å². The molecule has 2 aromatic carbocycles. The minimum absolute atomic E-state index is 0.0492. The van der Waals surface area contributed by atoms with Crippen LogP contribution < -0.4 is 16.6 Å². The molecule has 1 atom stereocenters. The van der Waals surface area contributed by atoms with E-state index in [1.54, 1.807) is 17.9 Å². The van der Waals surface area contributed by atoms with Crippen molar-refractivity contribution in [3.05, 3.63) is 97.9 Å². The van der Waals surface area contributed by atoms with Crippen molar-refractivity contribution in [1.29, 1.82) is 0 Å². The molecule has 30 heavy (non-hydrogen) atoms. The van der Waals surface area contributed by atoms with Gasteiger partial charge in [0.15, 0.2) is 11.2 Å². The van der Waals surface area contributed by atoms with Crippen LogP contribution in [0, 0.1) is 0 Å². The quantitative estimate of drug-likeness (QED) is 0.517. The fourth-order valence-corrected chi connectivity index (χ4v) is 3.85. The number of hydrogen-bond donors (Lipinski definition) is 1. The molecular formula is C22H22ClN5O2. The molecule has 0 fully saturated rings. The predicted octanol–water partition coefficient (Wildman–Crippen LogP) is 2.47. The highest BCUT2D eigenvalue weighted by Crippen LogP contribution is 2.24. The topological polar surface area (TPSA) is 73.8 Å². The monoisotopic (exact) mass is 423 g/mol. The van der Waals surface area contributed by atoms with Crippen molar-refractivity contribution < 1.29 is 0 Å². The van der Waals surface area contributed by atoms with Gasteiger partial charge in [0.25, 0.3) is 5.56 Å². The van der Waals surface area contributed by atoms with Gasteiger partial charge in [-0.15, -0.1) is 0 Å². The first-order valence-corrected chi connectivity index (χ1v) is 10.00. The fraction of sp³-hybridized carbons (Fsp3) is 0.227. The Balaban J connectivity index is 1.62. The molecule has 0 saturated carbocycles. The van der Waals surface area contributed by atoms with E-state index in [4.69, 9.17) is 11.6 Å². The van der Waals surface area contributed by atoms with Crippen molar-refractivity contribution in [3.8, 4) is 0 Å². The second-order valence-electron chi connectivity index (χ2n) is 7.17. The fourth-order valence-electron chi connectivity index (χ4n) is 3.66. The Morgan fingerprint density at radius 2 is 1.73 bits per heavy atom. The Morgan fingerprint density at radius 3 is 2.47 bits per heavy atom. The predicted molar refractivity (Wildman–Crippen MR) is 118 cm³/mol. The Morgan fingerprint density at radius 1 is 1.00 bits per heavy atom. The van der Waals surface area contributed by atoms with E-state index in [1.807, 2.05) is 42.5 Å². The van der Waals surface area contributed by atoms with Crippen LogP contribution in [0.5, 0.6) is 0 Å². The normalized spacial score (nSPS) is 12.4. The van der Waals surface area contributed by atoms with Gasteiger partial charge in [0.2, 0.25) is 0 Å². The molecule has 0 spiro atoms. The number of benzene rings is 2. The van der Waals surface area contributed by atoms with E-state index in [2.05, 4.69) is 22.4 Å². The summed E-state index contributed by atoms with van der Waals surface area (Å²) in [6.45, 7) is 1.11. The van der Waals surface area contributed by atoms with Gasteiger partial charge in [0.05, 0.1) is 12.4 Å². The molecule has 2 heterocycles. The summed E-state index contributed by atoms with van der Waals surface area (Å²) in [5.74, 6) is 0. The minimum atomic E-state index is -0.388. The van der Waals surface area contributed by atoms with Gasteiger partial charge in [-0.25, -0.2) is 9.78 Å². The van der Waals surface area contributed by atoms with Gasteiger partial charge in [0, 0.05) is 32.2 Å². The van der Waals surface area contributed by atoms with E-state index in [9.17, 15) is 9.59 Å². The van der Waals surface area contributed by atoms with E-state index in [0.29, 0.717) is 29.3 Å². The maximum absolute atomic E-state index is 12.6. The Bertz CT molecular complexity index is 1310. The van der Waals surface area contributed by atoms with Crippen molar-refractivity contribution in [2.45, 2.75) is 12.6 Å². The van der Waals surface area contributed by atoms with Crippen molar-refractivity contribution in [3.63, 3.8) is 0 Å². The third-order valence-electron chi connectivity index (χ3n) is 5.23. The van der Waals surface area contributed by atoms with E-state index < -0.39 is 0 Å². The smallest absolute Gasteiger partial charge is 0.323 e. The molecule has 4 aromatic rings. The maximum Gasteiger partial charge on any atom is 0.332 e. The van der Waals surface area contributed by atoms with Crippen LogP contribution in [0.15, 0.2) is 70.5 Å². The van der Waals surface area contributed by atoms with Crippen molar-refractivity contribution in [2.24, 2.45) is 14.1 Å². The lowest BCUT2D eigenvalue weighted by Crippen LogP contribution is -2.37. The van der Waals surface area contributed by atoms with Gasteiger partial charge < -0.3 is 9.88 Å². The number of imidazole rings is 1. The SMILES string of the molecule is Cn1c(=O)c2c(ncn2CCN[C@H](c2ccccc2)c2cccc(Cl)c2)n(C)c1=O. The van der Waals surface area contributed by atoms with E-state index >= 15 is 0 Å². The van der Waals surface area contributed by atoms with Gasteiger partial charge >= 0.3 is 5.69 Å². The largest absolute Gasteiger partial charge is 0.332 e. The van der Waals surface area contributed by atoms with Crippen LogP contribution in [0.4, 0.5) is 0 Å². The summed E-state index contributed by atoms with van der Waals surface area (Å²) in [5, 5.41) is 4.24. The number of halogens is 1. The average molecular weight is 424 g/mol. The van der Waals surface area contributed by atoms with E-state index in [0.717, 1.165) is 15.7 Å². The first-order valence-electron chi connectivity index (χ1n) is 9.62. The van der Waals surface area contributed by atoms with Gasteiger partial charge in [0.1, 0.15) is 0 Å². The molecule has 0 saturated heterocycles. The Labute approximate surface area is 178 Å². The second-order valence-corrected chi connectivity index (χ2v) is 7.61. The van der Waals surface area contributed by atoms with Gasteiger partial charge in [-0.05, 0) is 23.3 Å². The third kappa shape index (κ3) is 3.69. The standard InChI is InChI=1S/C22H22ClN5O2/c1-26-20-19(21(29)27(2)22(26)30)28(14-25-20)12-11-24-18(15-7-4-3-5-8-15)16-9-6-10-17(23)13-16/h3-10,13-14,18,24H,11-12H2,1-2H3/t18-/m1/s1. The molecule has 0 bridgehead atoms. The lowest BCUT2D eigenvalue weighted by atomic mass is 9.99. The molecule has 4 rings (SSSR count). The zero-order valence-electron chi connectivity index (χ0n) is 16.7. The zero-order chi connectivity index (χ0) is 21.3. The van der Waals surface area contributed by atoms with Crippen LogP contribution in [0.2, 0.25) is 5.02 Å². The Kier molecular flexibility index (Phi) is 5.57. The number of aromatic nitrogens is 4. The molecular weight excluding hydrogens is 402 g/mol. The number of fused-ring (bicyclic) bond motifs is 1. The van der Waals surface area contributed by atoms with Crippen LogP contribution in [-0.4, -0.2) is 25.2 Å². The van der Waals surface area contributed by atoms with Gasteiger partial charge in [-0.2, -0.15) is 0 Å². The maximum atomic E-state index is 12.6. The number of nitrogens with zero attached hydrogens (tertiary/aromatic N) is 4. The lowest BCUT2D eigenvalue weighted by Gasteiger charge is -2.20. The van der Waals surface area contributed by atoms with E-state index in [-0.39, 0.29) is 17.3 Å². The van der Waals surface area contributed by atoms with Gasteiger partial charge in [-0.1, -0.05) is 54.1 Å². The average Bonchev–Trinajstić information content (AvgIpc) is 3.18. The second kappa shape index (κ2) is 8.30. The Hall–Kier alpha value is -3.16. The summed E-state index contributed by atoms with van der Waals surface area (Å²) in [4.78, 5) is 29.0. The first kappa shape index (κ1) is 20.1. The summed E-state index contributed by atoms with van der Waals surface area (Å²) >= 11 is 6.21. The van der Waals surface area contributed by atoms with Crippen LogP contribution in [0.25, 0.3) is 11.2 Å². The zero-order valence-corrected chi connectivity index (χ0v) is 17.5. The van der Waals surface area contributed by atoms with Crippen molar-refractivity contribution in [2.75, 3.05) is 6.54 Å². The molecule has 0 aliphatic carbocycles. The molecule has 7 nitrogen and oxygen atoms in total. The number of nitrogens with one attached hydrogen (secondary N) is 1. The molecule has 0 aliphatic rings. The van der Waals surface area contributed by atoms with E-state index in [1.165, 1.54) is 11.6 Å². The number of aryl methyl sites for hydroxylation is 1. The third-order valence-corrected chi connectivity index (χ3v) is 5.47. The molecule has 8 heteroatoms. The number of hydrogen-bond acceptors (Lipinski definition) is 4. The highest BCUT2D eigenvalue weighted by Gasteiger charge is 2.16. The summed E-state index contributed by atoms with van der Waals surface area (Å²) in [6.07, 6.45) is 1.60. The minimum Gasteiger partial charge on any atom is -0.323 e. The molecule has 0 amide bonds. The van der Waals surface area contributed by atoms with Crippen LogP contribution in [0.3, 0.4) is 0 Å². The summed E-state index contributed by atoms with van der Waals surface area (Å²) in [7, 11) is 3.09. The molecule has 1 N–H and O–H groups in total. The molecule has 0 radical (unpaired) electrons. The molecule has 0 unspecified atom stereocenters. The van der Waals surface area contributed by atoms with Crippen molar-refractivity contribution in [1.82, 2.24) is 24.0 Å². The molecule has 2 aromatic heterocycles. The number of rotatable bonds is 6. The summed E-state index contributed by atoms with van der Waals surface area (Å²) < 4.78 is 4.27. The van der Waals surface area contributed by atoms with Gasteiger partial charge in [-0.3, -0.25) is 13.9 Å². The summed E-state index contributed by atoms with van der Waals surface area (Å²) in [5.41, 5.74) is 2.25. The molecule has 154 valence electrons. The van der Waals surface area contributed by atoms with Crippen LogP contribution >= 0.6 is 11.6 Å². The molecule has 0 aliphatic heterocycles. The van der Waals surface area contributed by atoms with Crippen LogP contribution in [0.1, 0.15) is 17.2 Å².